The number of rotatable bonds is 9. The minimum Gasteiger partial charge on any atom is -0.493 e. The summed E-state index contributed by atoms with van der Waals surface area (Å²) < 4.78 is 17.5. The molecule has 10 heteroatoms. The number of carbonyl (C=O) groups is 2. The SMILES string of the molecule is COC(=O)c1ccc(NC(=O)CSc2nnc(COc3ccccc3OC)n2C)cc1. The van der Waals surface area contributed by atoms with Crippen LogP contribution in [-0.2, 0) is 23.2 Å². The molecule has 1 N–H and O–H groups in total. The number of esters is 1. The summed E-state index contributed by atoms with van der Waals surface area (Å²) in [6, 6.07) is 13.8. The van der Waals surface area contributed by atoms with Gasteiger partial charge in [0, 0.05) is 12.7 Å². The van der Waals surface area contributed by atoms with Crippen LogP contribution in [0.15, 0.2) is 53.7 Å². The number of ether oxygens (including phenoxy) is 3. The van der Waals surface area contributed by atoms with Crippen LogP contribution >= 0.6 is 11.8 Å². The first-order valence-corrected chi connectivity index (χ1v) is 10.3. The van der Waals surface area contributed by atoms with Crippen LogP contribution in [0.5, 0.6) is 11.5 Å². The van der Waals surface area contributed by atoms with Gasteiger partial charge in [0.05, 0.1) is 25.5 Å². The molecule has 2 aromatic carbocycles. The van der Waals surface area contributed by atoms with Crippen molar-refractivity contribution < 1.29 is 23.8 Å². The van der Waals surface area contributed by atoms with E-state index in [1.807, 2.05) is 31.3 Å². The van der Waals surface area contributed by atoms with E-state index in [-0.39, 0.29) is 18.3 Å². The van der Waals surface area contributed by atoms with Crippen LogP contribution in [0.25, 0.3) is 0 Å². The summed E-state index contributed by atoms with van der Waals surface area (Å²) >= 11 is 1.26. The van der Waals surface area contributed by atoms with E-state index in [1.54, 1.807) is 35.9 Å². The normalized spacial score (nSPS) is 10.4. The standard InChI is InChI=1S/C21H22N4O5S/c1-25-18(12-30-17-7-5-4-6-16(17)28-2)23-24-21(25)31-13-19(26)22-15-10-8-14(9-11-15)20(27)29-3/h4-11H,12-13H2,1-3H3,(H,22,26). The van der Waals surface area contributed by atoms with Crippen molar-refractivity contribution in [3.8, 4) is 11.5 Å². The molecule has 31 heavy (non-hydrogen) atoms. The number of amides is 1. The molecule has 0 unspecified atom stereocenters. The summed E-state index contributed by atoms with van der Waals surface area (Å²) in [7, 11) is 4.71. The van der Waals surface area contributed by atoms with Gasteiger partial charge in [-0.25, -0.2) is 4.79 Å². The number of carbonyl (C=O) groups excluding carboxylic acids is 2. The molecule has 3 aromatic rings. The second-order valence-electron chi connectivity index (χ2n) is 6.30. The number of nitrogens with one attached hydrogen (secondary N) is 1. The summed E-state index contributed by atoms with van der Waals surface area (Å²) in [5.41, 5.74) is 0.999. The highest BCUT2D eigenvalue weighted by molar-refractivity contribution is 7.99. The van der Waals surface area contributed by atoms with Gasteiger partial charge in [0.25, 0.3) is 0 Å². The zero-order valence-corrected chi connectivity index (χ0v) is 18.1. The second kappa shape index (κ2) is 10.5. The first kappa shape index (κ1) is 22.2. The molecule has 0 bridgehead atoms. The topological polar surface area (TPSA) is 105 Å². The molecule has 1 amide bonds. The fourth-order valence-electron chi connectivity index (χ4n) is 2.61. The number of aromatic nitrogens is 3. The van der Waals surface area contributed by atoms with Crippen molar-refractivity contribution in [1.82, 2.24) is 14.8 Å². The van der Waals surface area contributed by atoms with Crippen LogP contribution in [0.2, 0.25) is 0 Å². The molecule has 1 heterocycles. The average Bonchev–Trinajstić information content (AvgIpc) is 3.15. The molecule has 162 valence electrons. The van der Waals surface area contributed by atoms with Crippen LogP contribution in [0, 0.1) is 0 Å². The number of nitrogens with zero attached hydrogens (tertiary/aromatic N) is 3. The van der Waals surface area contributed by atoms with E-state index < -0.39 is 5.97 Å². The zero-order chi connectivity index (χ0) is 22.2. The second-order valence-corrected chi connectivity index (χ2v) is 7.25. The van der Waals surface area contributed by atoms with E-state index in [0.29, 0.717) is 33.7 Å². The van der Waals surface area contributed by atoms with Gasteiger partial charge in [0.15, 0.2) is 22.5 Å². The van der Waals surface area contributed by atoms with E-state index in [4.69, 9.17) is 9.47 Å². The van der Waals surface area contributed by atoms with Gasteiger partial charge in [0.1, 0.15) is 6.61 Å². The van der Waals surface area contributed by atoms with Crippen molar-refractivity contribution in [2.75, 3.05) is 25.3 Å². The fraction of sp³-hybridized carbons (Fsp3) is 0.238. The summed E-state index contributed by atoms with van der Waals surface area (Å²) in [6.45, 7) is 0.211. The van der Waals surface area contributed by atoms with Gasteiger partial charge in [-0.2, -0.15) is 0 Å². The van der Waals surface area contributed by atoms with Crippen molar-refractivity contribution in [2.45, 2.75) is 11.8 Å². The molecular weight excluding hydrogens is 420 g/mol. The van der Waals surface area contributed by atoms with Crippen molar-refractivity contribution >= 4 is 29.3 Å². The Balaban J connectivity index is 1.52. The lowest BCUT2D eigenvalue weighted by Gasteiger charge is -2.10. The van der Waals surface area contributed by atoms with Crippen molar-refractivity contribution in [3.05, 3.63) is 59.9 Å². The van der Waals surface area contributed by atoms with E-state index in [0.717, 1.165) is 0 Å². The maximum atomic E-state index is 12.2. The van der Waals surface area contributed by atoms with Gasteiger partial charge in [-0.3, -0.25) is 4.79 Å². The first-order valence-electron chi connectivity index (χ1n) is 9.27. The highest BCUT2D eigenvalue weighted by Gasteiger charge is 2.13. The van der Waals surface area contributed by atoms with Crippen molar-refractivity contribution in [1.29, 1.82) is 0 Å². The van der Waals surface area contributed by atoms with Crippen LogP contribution in [0.1, 0.15) is 16.2 Å². The van der Waals surface area contributed by atoms with Crippen LogP contribution in [-0.4, -0.2) is 46.6 Å². The molecule has 9 nitrogen and oxygen atoms in total. The Bertz CT molecular complexity index is 1050. The minimum atomic E-state index is -0.429. The quantitative estimate of drug-likeness (QED) is 0.398. The molecule has 0 aliphatic heterocycles. The van der Waals surface area contributed by atoms with E-state index >= 15 is 0 Å². The molecule has 0 saturated carbocycles. The summed E-state index contributed by atoms with van der Waals surface area (Å²) in [6.07, 6.45) is 0. The highest BCUT2D eigenvalue weighted by Crippen LogP contribution is 2.26. The van der Waals surface area contributed by atoms with E-state index in [1.165, 1.54) is 18.9 Å². The largest absolute Gasteiger partial charge is 0.493 e. The Morgan fingerprint density at radius 3 is 2.42 bits per heavy atom. The predicted molar refractivity (Wildman–Crippen MR) is 115 cm³/mol. The number of para-hydroxylation sites is 2. The number of benzene rings is 2. The first-order chi connectivity index (χ1) is 15.0. The lowest BCUT2D eigenvalue weighted by Crippen LogP contribution is -2.14. The Morgan fingerprint density at radius 1 is 1.03 bits per heavy atom. The van der Waals surface area contributed by atoms with E-state index in [9.17, 15) is 9.59 Å². The molecule has 0 saturated heterocycles. The Hall–Kier alpha value is -3.53. The predicted octanol–water partition coefficient (Wildman–Crippen LogP) is 2.92. The molecule has 0 radical (unpaired) electrons. The lowest BCUT2D eigenvalue weighted by atomic mass is 10.2. The molecule has 0 aliphatic carbocycles. The van der Waals surface area contributed by atoms with Crippen molar-refractivity contribution in [3.63, 3.8) is 0 Å². The summed E-state index contributed by atoms with van der Waals surface area (Å²) in [5.74, 6) is 1.38. The van der Waals surface area contributed by atoms with Gasteiger partial charge in [0.2, 0.25) is 5.91 Å². The average molecular weight is 442 g/mol. The maximum Gasteiger partial charge on any atom is 0.337 e. The van der Waals surface area contributed by atoms with Crippen LogP contribution < -0.4 is 14.8 Å². The Kier molecular flexibility index (Phi) is 7.50. The summed E-state index contributed by atoms with van der Waals surface area (Å²) in [4.78, 5) is 23.7. The number of hydrogen-bond donors (Lipinski definition) is 1. The molecule has 0 aliphatic rings. The zero-order valence-electron chi connectivity index (χ0n) is 17.3. The smallest absolute Gasteiger partial charge is 0.337 e. The third-order valence-corrected chi connectivity index (χ3v) is 5.29. The number of anilines is 1. The molecular formula is C21H22N4O5S. The number of methoxy groups -OCH3 is 2. The molecule has 0 spiro atoms. The highest BCUT2D eigenvalue weighted by atomic mass is 32.2. The number of thioether (sulfide) groups is 1. The lowest BCUT2D eigenvalue weighted by molar-refractivity contribution is -0.113. The van der Waals surface area contributed by atoms with Crippen molar-refractivity contribution in [2.24, 2.45) is 7.05 Å². The Labute approximate surface area is 183 Å². The molecule has 0 atom stereocenters. The Morgan fingerprint density at radius 2 is 1.74 bits per heavy atom. The molecule has 3 rings (SSSR count). The third-order valence-electron chi connectivity index (χ3n) is 4.27. The summed E-state index contributed by atoms with van der Waals surface area (Å²) in [5, 5.41) is 11.6. The minimum absolute atomic E-state index is 0.151. The van der Waals surface area contributed by atoms with Gasteiger partial charge >= 0.3 is 5.97 Å². The maximum absolute atomic E-state index is 12.2. The van der Waals surface area contributed by atoms with E-state index in [2.05, 4.69) is 20.3 Å². The molecule has 1 aromatic heterocycles. The van der Waals surface area contributed by atoms with Gasteiger partial charge in [-0.05, 0) is 36.4 Å². The van der Waals surface area contributed by atoms with Gasteiger partial charge in [-0.15, -0.1) is 10.2 Å². The van der Waals surface area contributed by atoms with Gasteiger partial charge in [-0.1, -0.05) is 23.9 Å². The number of hydrogen-bond acceptors (Lipinski definition) is 8. The third kappa shape index (κ3) is 5.76. The van der Waals surface area contributed by atoms with Gasteiger partial charge < -0.3 is 24.1 Å². The fourth-order valence-corrected chi connectivity index (χ4v) is 3.34. The monoisotopic (exact) mass is 442 g/mol. The van der Waals surface area contributed by atoms with Crippen LogP contribution in [0.3, 0.4) is 0 Å². The van der Waals surface area contributed by atoms with Crippen LogP contribution in [0.4, 0.5) is 5.69 Å². The molecule has 0 fully saturated rings.